The molecule has 0 aliphatic heterocycles. The highest BCUT2D eigenvalue weighted by Gasteiger charge is 2.08. The summed E-state index contributed by atoms with van der Waals surface area (Å²) < 4.78 is 0. The second-order valence-corrected chi connectivity index (χ2v) is 6.01. The third kappa shape index (κ3) is 4.69. The van der Waals surface area contributed by atoms with E-state index in [9.17, 15) is 0 Å². The van der Waals surface area contributed by atoms with Crippen LogP contribution in [-0.2, 0) is 0 Å². The minimum atomic E-state index is 0.408. The van der Waals surface area contributed by atoms with Crippen molar-refractivity contribution in [1.29, 1.82) is 0 Å². The van der Waals surface area contributed by atoms with E-state index in [1.807, 2.05) is 0 Å². The van der Waals surface area contributed by atoms with Gasteiger partial charge in [0.2, 0.25) is 0 Å². The fraction of sp³-hybridized carbons (Fsp3) is 0.600. The summed E-state index contributed by atoms with van der Waals surface area (Å²) in [5, 5.41) is 3.47. The fourth-order valence-electron chi connectivity index (χ4n) is 1.57. The van der Waals surface area contributed by atoms with Crippen LogP contribution in [0.4, 0.5) is 5.69 Å². The van der Waals surface area contributed by atoms with Gasteiger partial charge < -0.3 is 5.32 Å². The average Bonchev–Trinajstić information content (AvgIpc) is 2.16. The van der Waals surface area contributed by atoms with Gasteiger partial charge in [0.25, 0.3) is 0 Å². The van der Waals surface area contributed by atoms with Gasteiger partial charge in [-0.1, -0.05) is 46.8 Å². The molecule has 0 saturated heterocycles. The summed E-state index contributed by atoms with van der Waals surface area (Å²) >= 11 is 0. The first-order chi connectivity index (χ1) is 7.38. The van der Waals surface area contributed by atoms with E-state index in [1.54, 1.807) is 0 Å². The normalized spacial score (nSPS) is 11.9. The molecule has 0 bridgehead atoms. The highest BCUT2D eigenvalue weighted by atomic mass is 14.9. The van der Waals surface area contributed by atoms with Crippen molar-refractivity contribution in [3.63, 3.8) is 0 Å². The first-order valence-corrected chi connectivity index (χ1v) is 6.22. The highest BCUT2D eigenvalue weighted by molar-refractivity contribution is 5.45. The van der Waals surface area contributed by atoms with Crippen molar-refractivity contribution in [3.8, 4) is 0 Å². The maximum Gasteiger partial charge on any atom is 0.0340 e. The van der Waals surface area contributed by atoms with Crippen LogP contribution < -0.4 is 5.32 Å². The lowest BCUT2D eigenvalue weighted by Gasteiger charge is -2.18. The van der Waals surface area contributed by atoms with Crippen LogP contribution in [0, 0.1) is 5.41 Å². The molecule has 16 heavy (non-hydrogen) atoms. The third-order valence-electron chi connectivity index (χ3n) is 2.78. The molecule has 0 saturated carbocycles. The van der Waals surface area contributed by atoms with E-state index >= 15 is 0 Å². The van der Waals surface area contributed by atoms with Gasteiger partial charge in [-0.2, -0.15) is 0 Å². The molecule has 0 atom stereocenters. The lowest BCUT2D eigenvalue weighted by Crippen LogP contribution is -2.12. The SMILES string of the molecule is CC(C)c1ccc(NCCC(C)(C)C)cc1. The highest BCUT2D eigenvalue weighted by Crippen LogP contribution is 2.20. The van der Waals surface area contributed by atoms with E-state index in [4.69, 9.17) is 0 Å². The molecule has 1 N–H and O–H groups in total. The molecule has 0 radical (unpaired) electrons. The summed E-state index contributed by atoms with van der Waals surface area (Å²) in [4.78, 5) is 0. The van der Waals surface area contributed by atoms with Gasteiger partial charge >= 0.3 is 0 Å². The Balaban J connectivity index is 2.44. The Labute approximate surface area is 100 Å². The lowest BCUT2D eigenvalue weighted by molar-refractivity contribution is 0.390. The van der Waals surface area contributed by atoms with Crippen LogP contribution in [0.25, 0.3) is 0 Å². The van der Waals surface area contributed by atoms with E-state index in [-0.39, 0.29) is 0 Å². The Hall–Kier alpha value is -0.980. The van der Waals surface area contributed by atoms with Gasteiger partial charge in [-0.3, -0.25) is 0 Å². The largest absolute Gasteiger partial charge is 0.385 e. The molecule has 0 fully saturated rings. The van der Waals surface area contributed by atoms with Crippen LogP contribution >= 0.6 is 0 Å². The van der Waals surface area contributed by atoms with E-state index in [2.05, 4.69) is 64.2 Å². The maximum absolute atomic E-state index is 3.47. The van der Waals surface area contributed by atoms with Crippen molar-refractivity contribution in [1.82, 2.24) is 0 Å². The van der Waals surface area contributed by atoms with Gasteiger partial charge in [-0.05, 0) is 35.4 Å². The van der Waals surface area contributed by atoms with Crippen LogP contribution in [0.2, 0.25) is 0 Å². The smallest absolute Gasteiger partial charge is 0.0340 e. The quantitative estimate of drug-likeness (QED) is 0.776. The minimum absolute atomic E-state index is 0.408. The minimum Gasteiger partial charge on any atom is -0.385 e. The van der Waals surface area contributed by atoms with Gasteiger partial charge in [-0.25, -0.2) is 0 Å². The van der Waals surface area contributed by atoms with Gasteiger partial charge in [0.05, 0.1) is 0 Å². The molecule has 1 nitrogen and oxygen atoms in total. The van der Waals surface area contributed by atoms with Crippen LogP contribution in [0.5, 0.6) is 0 Å². The predicted molar refractivity (Wildman–Crippen MR) is 73.1 cm³/mol. The Morgan fingerprint density at radius 3 is 2.06 bits per heavy atom. The Morgan fingerprint density at radius 1 is 1.06 bits per heavy atom. The van der Waals surface area contributed by atoms with Gasteiger partial charge in [0.15, 0.2) is 0 Å². The molecule has 1 aromatic rings. The zero-order valence-electron chi connectivity index (χ0n) is 11.3. The monoisotopic (exact) mass is 219 g/mol. The van der Waals surface area contributed by atoms with E-state index in [0.717, 1.165) is 6.54 Å². The molecule has 1 heteroatoms. The van der Waals surface area contributed by atoms with Crippen molar-refractivity contribution in [2.45, 2.75) is 47.0 Å². The van der Waals surface area contributed by atoms with E-state index in [0.29, 0.717) is 11.3 Å². The summed E-state index contributed by atoms with van der Waals surface area (Å²) in [5.74, 6) is 0.614. The number of nitrogens with one attached hydrogen (secondary N) is 1. The van der Waals surface area contributed by atoms with Crippen molar-refractivity contribution in [2.24, 2.45) is 5.41 Å². The predicted octanol–water partition coefficient (Wildman–Crippen LogP) is 4.66. The maximum atomic E-state index is 3.47. The topological polar surface area (TPSA) is 12.0 Å². The molecular weight excluding hydrogens is 194 g/mol. The second kappa shape index (κ2) is 5.38. The van der Waals surface area contributed by atoms with Crippen LogP contribution in [0.1, 0.15) is 52.5 Å². The number of anilines is 1. The molecule has 0 aromatic heterocycles. The Morgan fingerprint density at radius 2 is 1.62 bits per heavy atom. The van der Waals surface area contributed by atoms with E-state index in [1.165, 1.54) is 17.7 Å². The summed E-state index contributed by atoms with van der Waals surface area (Å²) in [6, 6.07) is 8.78. The molecule has 0 amide bonds. The molecule has 1 rings (SSSR count). The number of benzene rings is 1. The molecule has 1 aromatic carbocycles. The van der Waals surface area contributed by atoms with Crippen molar-refractivity contribution < 1.29 is 0 Å². The summed E-state index contributed by atoms with van der Waals surface area (Å²) in [7, 11) is 0. The molecule has 0 aliphatic rings. The molecular formula is C15H25N. The molecule has 0 spiro atoms. The standard InChI is InChI=1S/C15H25N/c1-12(2)13-6-8-14(9-7-13)16-11-10-15(3,4)5/h6-9,12,16H,10-11H2,1-5H3. The fourth-order valence-corrected chi connectivity index (χ4v) is 1.57. The summed E-state index contributed by atoms with van der Waals surface area (Å²) in [5.41, 5.74) is 3.04. The van der Waals surface area contributed by atoms with Crippen molar-refractivity contribution in [3.05, 3.63) is 29.8 Å². The number of rotatable bonds is 4. The lowest BCUT2D eigenvalue weighted by atomic mass is 9.92. The number of hydrogen-bond donors (Lipinski definition) is 1. The van der Waals surface area contributed by atoms with Crippen molar-refractivity contribution in [2.75, 3.05) is 11.9 Å². The Bertz CT molecular complexity index is 303. The molecule has 0 heterocycles. The second-order valence-electron chi connectivity index (χ2n) is 6.01. The van der Waals surface area contributed by atoms with E-state index < -0.39 is 0 Å². The van der Waals surface area contributed by atoms with Gasteiger partial charge in [0, 0.05) is 12.2 Å². The first-order valence-electron chi connectivity index (χ1n) is 6.22. The molecule has 90 valence electrons. The van der Waals surface area contributed by atoms with Crippen molar-refractivity contribution >= 4 is 5.69 Å². The van der Waals surface area contributed by atoms with Crippen LogP contribution in [-0.4, -0.2) is 6.54 Å². The number of hydrogen-bond acceptors (Lipinski definition) is 1. The zero-order valence-corrected chi connectivity index (χ0v) is 11.3. The van der Waals surface area contributed by atoms with Crippen LogP contribution in [0.3, 0.4) is 0 Å². The summed E-state index contributed by atoms with van der Waals surface area (Å²) in [6.07, 6.45) is 1.19. The first kappa shape index (κ1) is 13.1. The summed E-state index contributed by atoms with van der Waals surface area (Å²) in [6.45, 7) is 12.3. The van der Waals surface area contributed by atoms with Gasteiger partial charge in [-0.15, -0.1) is 0 Å². The zero-order chi connectivity index (χ0) is 12.2. The molecule has 0 unspecified atom stereocenters. The molecule has 0 aliphatic carbocycles. The Kier molecular flexibility index (Phi) is 4.40. The third-order valence-corrected chi connectivity index (χ3v) is 2.78. The van der Waals surface area contributed by atoms with Crippen LogP contribution in [0.15, 0.2) is 24.3 Å². The van der Waals surface area contributed by atoms with Gasteiger partial charge in [0.1, 0.15) is 0 Å². The average molecular weight is 219 g/mol.